The van der Waals surface area contributed by atoms with Gasteiger partial charge in [0.15, 0.2) is 5.03 Å². The average Bonchev–Trinajstić information content (AvgIpc) is 3.10. The summed E-state index contributed by atoms with van der Waals surface area (Å²) in [5.74, 6) is -0.00306. The summed E-state index contributed by atoms with van der Waals surface area (Å²) in [6.07, 6.45) is 4.71. The molecule has 2 aromatic heterocycles. The van der Waals surface area contributed by atoms with Crippen LogP contribution in [0.25, 0.3) is 5.52 Å². The second kappa shape index (κ2) is 4.82. The Labute approximate surface area is 116 Å². The summed E-state index contributed by atoms with van der Waals surface area (Å²) in [5.41, 5.74) is 0.0316. The molecule has 1 aliphatic carbocycles. The third kappa shape index (κ3) is 2.31. The van der Waals surface area contributed by atoms with Crippen LogP contribution in [0.5, 0.6) is 0 Å². The Morgan fingerprint density at radius 2 is 2.25 bits per heavy atom. The summed E-state index contributed by atoms with van der Waals surface area (Å²) in [6, 6.07) is 2.77. The predicted octanol–water partition coefficient (Wildman–Crippen LogP) is 1.87. The van der Waals surface area contributed by atoms with E-state index in [-0.39, 0.29) is 16.6 Å². The lowest BCUT2D eigenvalue weighted by atomic mass is 10.3. The van der Waals surface area contributed by atoms with E-state index in [1.165, 1.54) is 10.5 Å². The lowest BCUT2D eigenvalue weighted by Gasteiger charge is -2.03. The fourth-order valence-corrected chi connectivity index (χ4v) is 3.65. The summed E-state index contributed by atoms with van der Waals surface area (Å²) in [6.45, 7) is 1.97. The second-order valence-corrected chi connectivity index (χ2v) is 6.68. The van der Waals surface area contributed by atoms with Crippen molar-refractivity contribution in [1.82, 2.24) is 14.1 Å². The predicted molar refractivity (Wildman–Crippen MR) is 72.5 cm³/mol. The topological polar surface area (TPSA) is 63.5 Å². The van der Waals surface area contributed by atoms with Gasteiger partial charge in [0.2, 0.25) is 0 Å². The molecule has 108 valence electrons. The average molecular weight is 297 g/mol. The normalized spacial score (nSPS) is 15.9. The Morgan fingerprint density at radius 3 is 2.90 bits per heavy atom. The van der Waals surface area contributed by atoms with Crippen molar-refractivity contribution in [1.29, 1.82) is 0 Å². The number of hydrogen-bond donors (Lipinski definition) is 1. The van der Waals surface area contributed by atoms with Crippen molar-refractivity contribution in [3.8, 4) is 0 Å². The quantitative estimate of drug-likeness (QED) is 0.916. The van der Waals surface area contributed by atoms with Crippen molar-refractivity contribution in [2.45, 2.75) is 43.7 Å². The summed E-state index contributed by atoms with van der Waals surface area (Å²) < 4.78 is 42.7. The molecule has 0 aliphatic heterocycles. The van der Waals surface area contributed by atoms with Gasteiger partial charge in [-0.1, -0.05) is 6.92 Å². The van der Waals surface area contributed by atoms with Crippen LogP contribution >= 0.6 is 0 Å². The first-order valence-electron chi connectivity index (χ1n) is 6.70. The molecule has 0 radical (unpaired) electrons. The van der Waals surface area contributed by atoms with E-state index in [1.54, 1.807) is 12.3 Å². The molecule has 2 heterocycles. The number of rotatable bonds is 5. The van der Waals surface area contributed by atoms with Crippen LogP contribution in [0, 0.1) is 5.82 Å². The van der Waals surface area contributed by atoms with Gasteiger partial charge in [0, 0.05) is 18.7 Å². The SMILES string of the molecule is CCCc1nc(S(=O)(=O)NC2CC2)c2c(F)cccn12. The van der Waals surface area contributed by atoms with Gasteiger partial charge < -0.3 is 0 Å². The van der Waals surface area contributed by atoms with E-state index in [1.807, 2.05) is 6.92 Å². The van der Waals surface area contributed by atoms with E-state index in [9.17, 15) is 12.8 Å². The molecule has 0 bridgehead atoms. The molecule has 0 amide bonds. The zero-order valence-electron chi connectivity index (χ0n) is 11.1. The summed E-state index contributed by atoms with van der Waals surface area (Å²) >= 11 is 0. The first kappa shape index (κ1) is 13.5. The van der Waals surface area contributed by atoms with E-state index < -0.39 is 15.8 Å². The number of sulfonamides is 1. The largest absolute Gasteiger partial charge is 0.300 e. The van der Waals surface area contributed by atoms with Gasteiger partial charge in [-0.25, -0.2) is 22.5 Å². The molecule has 1 fully saturated rings. The number of nitrogens with zero attached hydrogens (tertiary/aromatic N) is 2. The Kier molecular flexibility index (Phi) is 3.25. The van der Waals surface area contributed by atoms with Gasteiger partial charge in [0.25, 0.3) is 10.0 Å². The van der Waals surface area contributed by atoms with Gasteiger partial charge >= 0.3 is 0 Å². The fraction of sp³-hybridized carbons (Fsp3) is 0.462. The third-order valence-electron chi connectivity index (χ3n) is 3.28. The molecule has 1 aliphatic rings. The van der Waals surface area contributed by atoms with Crippen LogP contribution in [0.3, 0.4) is 0 Å². The molecule has 0 saturated heterocycles. The molecule has 0 spiro atoms. The molecule has 5 nitrogen and oxygen atoms in total. The minimum atomic E-state index is -3.77. The highest BCUT2D eigenvalue weighted by molar-refractivity contribution is 7.89. The van der Waals surface area contributed by atoms with Crippen molar-refractivity contribution >= 4 is 15.5 Å². The maximum absolute atomic E-state index is 14.0. The minimum Gasteiger partial charge on any atom is -0.300 e. The number of aromatic nitrogens is 2. The van der Waals surface area contributed by atoms with Crippen molar-refractivity contribution in [2.75, 3.05) is 0 Å². The van der Waals surface area contributed by atoms with Crippen LogP contribution in [-0.2, 0) is 16.4 Å². The van der Waals surface area contributed by atoms with Crippen molar-refractivity contribution < 1.29 is 12.8 Å². The molecule has 1 saturated carbocycles. The maximum atomic E-state index is 14.0. The Bertz CT molecular complexity index is 750. The first-order valence-corrected chi connectivity index (χ1v) is 8.19. The maximum Gasteiger partial charge on any atom is 0.260 e. The third-order valence-corrected chi connectivity index (χ3v) is 4.72. The molecule has 2 aromatic rings. The molecule has 0 unspecified atom stereocenters. The number of aryl methyl sites for hydroxylation is 1. The number of imidazole rings is 1. The van der Waals surface area contributed by atoms with Crippen LogP contribution in [0.4, 0.5) is 4.39 Å². The molecular weight excluding hydrogens is 281 g/mol. The van der Waals surface area contributed by atoms with Crippen LogP contribution < -0.4 is 4.72 Å². The monoisotopic (exact) mass is 297 g/mol. The minimum absolute atomic E-state index is 0.0295. The molecule has 1 N–H and O–H groups in total. The lowest BCUT2D eigenvalue weighted by Crippen LogP contribution is -2.26. The number of halogens is 1. The van der Waals surface area contributed by atoms with E-state index in [0.717, 1.165) is 19.3 Å². The van der Waals surface area contributed by atoms with Gasteiger partial charge in [0.1, 0.15) is 17.2 Å². The van der Waals surface area contributed by atoms with Gasteiger partial charge in [-0.05, 0) is 31.4 Å². The zero-order chi connectivity index (χ0) is 14.3. The van der Waals surface area contributed by atoms with E-state index in [0.29, 0.717) is 12.2 Å². The highest BCUT2D eigenvalue weighted by Crippen LogP contribution is 2.26. The number of hydrogen-bond acceptors (Lipinski definition) is 3. The van der Waals surface area contributed by atoms with Crippen molar-refractivity contribution in [2.24, 2.45) is 0 Å². The Hall–Kier alpha value is -1.47. The molecule has 20 heavy (non-hydrogen) atoms. The fourth-order valence-electron chi connectivity index (χ4n) is 2.19. The number of pyridine rings is 1. The lowest BCUT2D eigenvalue weighted by molar-refractivity contribution is 0.576. The molecule has 7 heteroatoms. The van der Waals surface area contributed by atoms with Crippen molar-refractivity contribution in [3.05, 3.63) is 30.0 Å². The molecular formula is C13H16FN3O2S. The zero-order valence-corrected chi connectivity index (χ0v) is 12.0. The summed E-state index contributed by atoms with van der Waals surface area (Å²) in [4.78, 5) is 4.16. The van der Waals surface area contributed by atoms with Gasteiger partial charge in [0.05, 0.1) is 0 Å². The highest BCUT2D eigenvalue weighted by Gasteiger charge is 2.32. The molecule has 0 atom stereocenters. The van der Waals surface area contributed by atoms with E-state index in [4.69, 9.17) is 0 Å². The van der Waals surface area contributed by atoms with Crippen LogP contribution in [0.1, 0.15) is 32.0 Å². The number of fused-ring (bicyclic) bond motifs is 1. The van der Waals surface area contributed by atoms with Crippen LogP contribution in [0.2, 0.25) is 0 Å². The highest BCUT2D eigenvalue weighted by atomic mass is 32.2. The Balaban J connectivity index is 2.19. The summed E-state index contributed by atoms with van der Waals surface area (Å²) in [7, 11) is -3.77. The van der Waals surface area contributed by atoms with Gasteiger partial charge in [-0.2, -0.15) is 0 Å². The number of nitrogens with one attached hydrogen (secondary N) is 1. The Morgan fingerprint density at radius 1 is 1.50 bits per heavy atom. The van der Waals surface area contributed by atoms with Crippen LogP contribution in [-0.4, -0.2) is 23.8 Å². The van der Waals surface area contributed by atoms with E-state index in [2.05, 4.69) is 9.71 Å². The summed E-state index contributed by atoms with van der Waals surface area (Å²) in [5, 5.41) is -0.203. The van der Waals surface area contributed by atoms with Crippen LogP contribution in [0.15, 0.2) is 23.4 Å². The second-order valence-electron chi connectivity index (χ2n) is 5.05. The first-order chi connectivity index (χ1) is 9.53. The molecule has 3 rings (SSSR count). The molecule has 0 aromatic carbocycles. The van der Waals surface area contributed by atoms with Gasteiger partial charge in [-0.3, -0.25) is 4.40 Å². The van der Waals surface area contributed by atoms with E-state index >= 15 is 0 Å². The van der Waals surface area contributed by atoms with Gasteiger partial charge in [-0.15, -0.1) is 0 Å². The standard InChI is InChI=1S/C13H16FN3O2S/c1-2-4-11-15-13(20(18,19)16-9-6-7-9)12-10(14)5-3-8-17(11)12/h3,5,8-9,16H,2,4,6-7H2,1H3. The smallest absolute Gasteiger partial charge is 0.260 e. The van der Waals surface area contributed by atoms with Crippen molar-refractivity contribution in [3.63, 3.8) is 0 Å².